The topological polar surface area (TPSA) is 102 Å². The summed E-state index contributed by atoms with van der Waals surface area (Å²) < 4.78 is 31.7. The number of carboxylic acid groups (broad SMARTS) is 1. The highest BCUT2D eigenvalue weighted by molar-refractivity contribution is 6.36. The molecule has 3 heterocycles. The first-order chi connectivity index (χ1) is 20.4. The largest absolute Gasteiger partial charge is 0.490 e. The van der Waals surface area contributed by atoms with Crippen molar-refractivity contribution in [3.63, 3.8) is 0 Å². The van der Waals surface area contributed by atoms with E-state index in [1.165, 1.54) is 11.6 Å². The molecule has 2 aromatic carbocycles. The summed E-state index contributed by atoms with van der Waals surface area (Å²) in [6.07, 6.45) is -2.10. The summed E-state index contributed by atoms with van der Waals surface area (Å²) in [6.45, 7) is 10.9. The van der Waals surface area contributed by atoms with Crippen LogP contribution in [0.25, 0.3) is 33.4 Å². The Morgan fingerprint density at radius 2 is 1.72 bits per heavy atom. The Morgan fingerprint density at radius 1 is 1.09 bits per heavy atom. The zero-order valence-electron chi connectivity index (χ0n) is 23.6. The number of halogens is 4. The van der Waals surface area contributed by atoms with E-state index in [-0.39, 0.29) is 5.91 Å². The van der Waals surface area contributed by atoms with Gasteiger partial charge in [-0.15, -0.1) is 0 Å². The number of nitrogens with zero attached hydrogens (tertiary/aromatic N) is 3. The molecule has 1 aliphatic rings. The third-order valence-electron chi connectivity index (χ3n) is 7.10. The van der Waals surface area contributed by atoms with Crippen LogP contribution in [0, 0.1) is 6.92 Å². The number of aromatic nitrogens is 2. The van der Waals surface area contributed by atoms with Crippen molar-refractivity contribution in [2.24, 2.45) is 0 Å². The summed E-state index contributed by atoms with van der Waals surface area (Å²) in [5.41, 5.74) is 7.63. The number of amides is 1. The molecule has 3 N–H and O–H groups in total. The number of alkyl halides is 3. The van der Waals surface area contributed by atoms with Gasteiger partial charge in [-0.2, -0.15) is 13.2 Å². The van der Waals surface area contributed by atoms with E-state index in [9.17, 15) is 18.0 Å². The number of piperazine rings is 1. The zero-order valence-corrected chi connectivity index (χ0v) is 24.4. The molecule has 12 heteroatoms. The van der Waals surface area contributed by atoms with Gasteiger partial charge in [-0.1, -0.05) is 54.6 Å². The van der Waals surface area contributed by atoms with Crippen LogP contribution < -0.4 is 5.32 Å². The van der Waals surface area contributed by atoms with Gasteiger partial charge >= 0.3 is 12.1 Å². The number of rotatable bonds is 6. The summed E-state index contributed by atoms with van der Waals surface area (Å²) in [5.74, 6) is -3.00. The maximum absolute atomic E-state index is 12.0. The zero-order chi connectivity index (χ0) is 31.3. The number of aliphatic carboxylic acids is 1. The maximum atomic E-state index is 12.0. The highest BCUT2D eigenvalue weighted by atomic mass is 35.5. The molecule has 43 heavy (non-hydrogen) atoms. The number of pyridine rings is 1. The van der Waals surface area contributed by atoms with Gasteiger partial charge in [0.05, 0.1) is 10.7 Å². The number of aromatic amines is 1. The minimum absolute atomic E-state index is 0.245. The summed E-state index contributed by atoms with van der Waals surface area (Å²) in [7, 11) is 2.18. The molecule has 226 valence electrons. The molecular weight excluding hydrogens is 583 g/mol. The smallest absolute Gasteiger partial charge is 0.475 e. The van der Waals surface area contributed by atoms with Crippen LogP contribution in [0.1, 0.15) is 11.1 Å². The molecule has 0 spiro atoms. The van der Waals surface area contributed by atoms with Gasteiger partial charge in [0, 0.05) is 55.6 Å². The number of H-pyrrole nitrogens is 1. The molecule has 1 aliphatic heterocycles. The number of benzene rings is 2. The number of aryl methyl sites for hydroxylation is 1. The number of carbonyl (C=O) groups excluding carboxylic acids is 1. The van der Waals surface area contributed by atoms with Crippen molar-refractivity contribution in [2.75, 3.05) is 38.5 Å². The number of anilines is 1. The van der Waals surface area contributed by atoms with E-state index in [1.54, 1.807) is 12.3 Å². The van der Waals surface area contributed by atoms with Crippen LogP contribution in [-0.4, -0.2) is 76.2 Å². The van der Waals surface area contributed by atoms with Gasteiger partial charge in [0.25, 0.3) is 0 Å². The van der Waals surface area contributed by atoms with Gasteiger partial charge < -0.3 is 20.3 Å². The lowest BCUT2D eigenvalue weighted by atomic mass is 9.96. The van der Waals surface area contributed by atoms with Crippen molar-refractivity contribution in [3.05, 3.63) is 83.5 Å². The molecule has 0 unspecified atom stereocenters. The number of carboxylic acids is 1. The maximum Gasteiger partial charge on any atom is 0.490 e. The number of likely N-dealkylation sites (N-methyl/N-ethyl adjacent to an activating group) is 1. The highest BCUT2D eigenvalue weighted by Crippen LogP contribution is 2.41. The lowest BCUT2D eigenvalue weighted by Gasteiger charge is -2.32. The van der Waals surface area contributed by atoms with Crippen molar-refractivity contribution in [2.45, 2.75) is 19.6 Å². The number of hydrogen-bond acceptors (Lipinski definition) is 5. The van der Waals surface area contributed by atoms with Crippen LogP contribution in [-0.2, 0) is 16.1 Å². The first-order valence-electron chi connectivity index (χ1n) is 13.4. The number of hydrogen-bond donors (Lipinski definition) is 3. The van der Waals surface area contributed by atoms with Gasteiger partial charge in [-0.05, 0) is 54.4 Å². The van der Waals surface area contributed by atoms with E-state index in [0.29, 0.717) is 5.02 Å². The fourth-order valence-electron chi connectivity index (χ4n) is 4.72. The van der Waals surface area contributed by atoms with Crippen LogP contribution in [0.15, 0.2) is 67.4 Å². The second-order valence-corrected chi connectivity index (χ2v) is 10.6. The summed E-state index contributed by atoms with van der Waals surface area (Å²) in [4.78, 5) is 33.8. The van der Waals surface area contributed by atoms with Crippen LogP contribution in [0.4, 0.5) is 18.9 Å². The summed E-state index contributed by atoms with van der Waals surface area (Å²) >= 11 is 6.68. The van der Waals surface area contributed by atoms with Gasteiger partial charge in [0.2, 0.25) is 5.91 Å². The SMILES string of the molecule is C=CC(=O)Nc1cc(-c2c(-c3ccc(CN4CCN(C)CC4)cc3)[nH]c3nccc(Cl)c23)ccc1C.O=C(O)C(F)(F)F. The lowest BCUT2D eigenvalue weighted by molar-refractivity contribution is -0.192. The minimum Gasteiger partial charge on any atom is -0.475 e. The molecule has 1 saturated heterocycles. The number of carbonyl (C=O) groups is 2. The van der Waals surface area contributed by atoms with E-state index >= 15 is 0 Å². The quantitative estimate of drug-likeness (QED) is 0.219. The molecular formula is C31H31ClF3N5O3. The Balaban J connectivity index is 0.000000541. The average Bonchev–Trinajstić information content (AvgIpc) is 3.36. The number of fused-ring (bicyclic) bond motifs is 1. The number of nitrogens with one attached hydrogen (secondary N) is 2. The van der Waals surface area contributed by atoms with Crippen molar-refractivity contribution >= 4 is 40.2 Å². The monoisotopic (exact) mass is 613 g/mol. The summed E-state index contributed by atoms with van der Waals surface area (Å²) in [6, 6.07) is 16.5. The van der Waals surface area contributed by atoms with Crippen molar-refractivity contribution < 1.29 is 27.9 Å². The molecule has 0 aliphatic carbocycles. The normalized spacial score (nSPS) is 14.2. The average molecular weight is 614 g/mol. The van der Waals surface area contributed by atoms with Crippen LogP contribution in [0.2, 0.25) is 5.02 Å². The molecule has 0 saturated carbocycles. The first-order valence-corrected chi connectivity index (χ1v) is 13.8. The molecule has 4 aromatic rings. The molecule has 5 rings (SSSR count). The van der Waals surface area contributed by atoms with E-state index in [0.717, 1.165) is 77.4 Å². The second-order valence-electron chi connectivity index (χ2n) is 10.2. The lowest BCUT2D eigenvalue weighted by Crippen LogP contribution is -2.43. The minimum atomic E-state index is -5.08. The second kappa shape index (κ2) is 13.4. The summed E-state index contributed by atoms with van der Waals surface area (Å²) in [5, 5.41) is 11.5. The Kier molecular flexibility index (Phi) is 9.90. The molecule has 0 bridgehead atoms. The molecule has 0 atom stereocenters. The Bertz CT molecular complexity index is 1630. The Labute approximate surface area is 251 Å². The first kappa shape index (κ1) is 31.7. The fourth-order valence-corrected chi connectivity index (χ4v) is 4.96. The Hall–Kier alpha value is -4.19. The van der Waals surface area contributed by atoms with Crippen LogP contribution >= 0.6 is 11.6 Å². The molecule has 1 fully saturated rings. The van der Waals surface area contributed by atoms with Crippen molar-refractivity contribution in [1.82, 2.24) is 19.8 Å². The van der Waals surface area contributed by atoms with Crippen molar-refractivity contribution in [3.8, 4) is 22.4 Å². The van der Waals surface area contributed by atoms with Crippen LogP contribution in [0.3, 0.4) is 0 Å². The van der Waals surface area contributed by atoms with E-state index in [2.05, 4.69) is 69.0 Å². The van der Waals surface area contributed by atoms with E-state index in [1.807, 2.05) is 19.1 Å². The third-order valence-corrected chi connectivity index (χ3v) is 7.42. The van der Waals surface area contributed by atoms with Gasteiger partial charge in [0.15, 0.2) is 0 Å². The standard InChI is InChI=1S/C29H30ClN5O.C2HF3O2/c1-4-25(36)32-24-17-22(8-5-19(24)2)26-27-23(30)11-12-31-29(27)33-28(26)21-9-6-20(7-10-21)18-35-15-13-34(3)14-16-35;3-2(4,5)1(6)7/h4-12,17H,1,13-16,18H2,2-3H3,(H,31,33)(H,32,36);(H,6,7). The molecule has 8 nitrogen and oxygen atoms in total. The Morgan fingerprint density at radius 3 is 2.33 bits per heavy atom. The van der Waals surface area contributed by atoms with Crippen molar-refractivity contribution in [1.29, 1.82) is 0 Å². The predicted octanol–water partition coefficient (Wildman–Crippen LogP) is 6.36. The van der Waals surface area contributed by atoms with Crippen LogP contribution in [0.5, 0.6) is 0 Å². The van der Waals surface area contributed by atoms with Gasteiger partial charge in [-0.25, -0.2) is 9.78 Å². The van der Waals surface area contributed by atoms with E-state index < -0.39 is 12.1 Å². The predicted molar refractivity (Wildman–Crippen MR) is 162 cm³/mol. The van der Waals surface area contributed by atoms with Gasteiger partial charge in [0.1, 0.15) is 5.65 Å². The molecule has 1 amide bonds. The van der Waals surface area contributed by atoms with Gasteiger partial charge in [-0.3, -0.25) is 9.69 Å². The van der Waals surface area contributed by atoms with E-state index in [4.69, 9.17) is 21.5 Å². The molecule has 0 radical (unpaired) electrons. The molecule has 2 aromatic heterocycles. The third kappa shape index (κ3) is 7.81. The fraction of sp³-hybridized carbons (Fsp3) is 0.258. The highest BCUT2D eigenvalue weighted by Gasteiger charge is 2.38.